The Hall–Kier alpha value is -1.00. The molecule has 0 aliphatic carbocycles. The van der Waals surface area contributed by atoms with Gasteiger partial charge in [-0.2, -0.15) is 0 Å². The molecule has 4 heteroatoms. The molecular formula is C14H22N2OS. The van der Waals surface area contributed by atoms with Gasteiger partial charge in [0.1, 0.15) is 0 Å². The van der Waals surface area contributed by atoms with Crippen LogP contribution in [0, 0.1) is 13.8 Å². The second-order valence-electron chi connectivity index (χ2n) is 4.86. The highest BCUT2D eigenvalue weighted by Gasteiger charge is 2.16. The normalized spacial score (nSPS) is 12.7. The molecule has 0 saturated carbocycles. The Kier molecular flexibility index (Phi) is 5.69. The number of benzene rings is 1. The molecule has 3 nitrogen and oxygen atoms in total. The molecule has 1 aromatic carbocycles. The lowest BCUT2D eigenvalue weighted by atomic mass is 10.2. The highest BCUT2D eigenvalue weighted by atomic mass is 32.2. The number of amides is 1. The third kappa shape index (κ3) is 4.70. The fourth-order valence-corrected chi connectivity index (χ4v) is 2.82. The highest BCUT2D eigenvalue weighted by Crippen LogP contribution is 2.24. The molecule has 1 amide bonds. The third-order valence-electron chi connectivity index (χ3n) is 2.63. The Morgan fingerprint density at radius 3 is 2.61 bits per heavy atom. The topological polar surface area (TPSA) is 55.1 Å². The predicted molar refractivity (Wildman–Crippen MR) is 77.9 cm³/mol. The first-order valence-electron chi connectivity index (χ1n) is 6.15. The number of rotatable bonds is 6. The van der Waals surface area contributed by atoms with Crippen LogP contribution in [-0.2, 0) is 4.79 Å². The number of carbonyl (C=O) groups excluding carboxylic acids is 1. The summed E-state index contributed by atoms with van der Waals surface area (Å²) in [5, 5.41) is 3.19. The largest absolute Gasteiger partial charge is 0.368 e. The van der Waals surface area contributed by atoms with Gasteiger partial charge in [0.25, 0.3) is 0 Å². The van der Waals surface area contributed by atoms with Crippen LogP contribution in [0.3, 0.4) is 0 Å². The summed E-state index contributed by atoms with van der Waals surface area (Å²) in [6.07, 6.45) is 0. The van der Waals surface area contributed by atoms with E-state index in [1.54, 1.807) is 11.8 Å². The van der Waals surface area contributed by atoms with Crippen molar-refractivity contribution >= 4 is 17.7 Å². The van der Waals surface area contributed by atoms with Gasteiger partial charge < -0.3 is 11.1 Å². The summed E-state index contributed by atoms with van der Waals surface area (Å²) < 4.78 is 0. The minimum absolute atomic E-state index is 0.252. The quantitative estimate of drug-likeness (QED) is 0.776. The van der Waals surface area contributed by atoms with Crippen LogP contribution in [0.4, 0.5) is 0 Å². The van der Waals surface area contributed by atoms with Crippen molar-refractivity contribution in [3.8, 4) is 0 Å². The van der Waals surface area contributed by atoms with Crippen LogP contribution in [0.15, 0.2) is 23.1 Å². The van der Waals surface area contributed by atoms with Gasteiger partial charge in [-0.3, -0.25) is 4.79 Å². The first-order valence-corrected chi connectivity index (χ1v) is 7.14. The average molecular weight is 266 g/mol. The predicted octanol–water partition coefficient (Wildman–Crippen LogP) is 2.25. The number of nitrogens with two attached hydrogens (primary N) is 1. The van der Waals surface area contributed by atoms with Gasteiger partial charge in [0, 0.05) is 16.7 Å². The van der Waals surface area contributed by atoms with Crippen molar-refractivity contribution < 1.29 is 4.79 Å². The van der Waals surface area contributed by atoms with Crippen molar-refractivity contribution in [3.05, 3.63) is 29.3 Å². The van der Waals surface area contributed by atoms with Gasteiger partial charge >= 0.3 is 0 Å². The van der Waals surface area contributed by atoms with E-state index in [1.807, 2.05) is 13.8 Å². The molecule has 1 unspecified atom stereocenters. The van der Waals surface area contributed by atoms with Crippen LogP contribution in [-0.4, -0.2) is 23.7 Å². The van der Waals surface area contributed by atoms with Crippen molar-refractivity contribution in [2.45, 2.75) is 44.7 Å². The maximum Gasteiger partial charge on any atom is 0.235 e. The van der Waals surface area contributed by atoms with E-state index in [1.165, 1.54) is 16.0 Å². The lowest BCUT2D eigenvalue weighted by Gasteiger charge is -2.18. The van der Waals surface area contributed by atoms with Crippen LogP contribution in [0.25, 0.3) is 0 Å². The van der Waals surface area contributed by atoms with Crippen LogP contribution >= 0.6 is 11.8 Å². The van der Waals surface area contributed by atoms with E-state index < -0.39 is 0 Å². The van der Waals surface area contributed by atoms with Gasteiger partial charge in [0.2, 0.25) is 5.91 Å². The van der Waals surface area contributed by atoms with E-state index in [2.05, 4.69) is 37.4 Å². The van der Waals surface area contributed by atoms with Gasteiger partial charge in [-0.05, 0) is 25.5 Å². The highest BCUT2D eigenvalue weighted by molar-refractivity contribution is 7.99. The second-order valence-corrected chi connectivity index (χ2v) is 5.92. The maximum absolute atomic E-state index is 11.4. The molecule has 0 radical (unpaired) electrons. The minimum Gasteiger partial charge on any atom is -0.368 e. The molecule has 1 rings (SSSR count). The van der Waals surface area contributed by atoms with Crippen LogP contribution in [0.1, 0.15) is 25.0 Å². The van der Waals surface area contributed by atoms with Crippen LogP contribution in [0.5, 0.6) is 0 Å². The smallest absolute Gasteiger partial charge is 0.235 e. The molecule has 0 aromatic heterocycles. The number of hydrogen-bond donors (Lipinski definition) is 2. The molecule has 0 aliphatic heterocycles. The number of carbonyl (C=O) groups is 1. The molecule has 1 aromatic rings. The summed E-state index contributed by atoms with van der Waals surface area (Å²) in [5.74, 6) is 0.374. The lowest BCUT2D eigenvalue weighted by Crippen LogP contribution is -2.46. The van der Waals surface area contributed by atoms with E-state index in [4.69, 9.17) is 5.73 Å². The van der Waals surface area contributed by atoms with Gasteiger partial charge in [0.05, 0.1) is 6.04 Å². The average Bonchev–Trinajstić information content (AvgIpc) is 2.27. The Balaban J connectivity index is 2.66. The monoisotopic (exact) mass is 266 g/mol. The van der Waals surface area contributed by atoms with E-state index in [-0.39, 0.29) is 18.0 Å². The van der Waals surface area contributed by atoms with Gasteiger partial charge in [-0.25, -0.2) is 0 Å². The van der Waals surface area contributed by atoms with Crippen molar-refractivity contribution in [1.82, 2.24) is 5.32 Å². The van der Waals surface area contributed by atoms with Crippen molar-refractivity contribution in [1.29, 1.82) is 0 Å². The molecular weight excluding hydrogens is 244 g/mol. The van der Waals surface area contributed by atoms with E-state index in [9.17, 15) is 4.79 Å². The fraction of sp³-hybridized carbons (Fsp3) is 0.500. The van der Waals surface area contributed by atoms with Crippen molar-refractivity contribution in [2.24, 2.45) is 5.73 Å². The Morgan fingerprint density at radius 1 is 1.39 bits per heavy atom. The zero-order chi connectivity index (χ0) is 13.7. The molecule has 0 aliphatic rings. The Bertz CT molecular complexity index is 418. The Labute approximate surface area is 114 Å². The number of hydrogen-bond acceptors (Lipinski definition) is 3. The van der Waals surface area contributed by atoms with Crippen LogP contribution < -0.4 is 11.1 Å². The molecule has 18 heavy (non-hydrogen) atoms. The lowest BCUT2D eigenvalue weighted by molar-refractivity contribution is -0.119. The molecule has 3 N–H and O–H groups in total. The SMILES string of the molecule is Cc1ccc(C)c(SCC(NC(C)C)C(N)=O)c1. The van der Waals surface area contributed by atoms with E-state index in [0.717, 1.165) is 0 Å². The molecule has 0 heterocycles. The summed E-state index contributed by atoms with van der Waals surface area (Å²) in [6, 6.07) is 6.31. The van der Waals surface area contributed by atoms with Crippen molar-refractivity contribution in [2.75, 3.05) is 5.75 Å². The molecule has 0 fully saturated rings. The fourth-order valence-electron chi connectivity index (χ4n) is 1.65. The van der Waals surface area contributed by atoms with E-state index >= 15 is 0 Å². The van der Waals surface area contributed by atoms with Crippen molar-refractivity contribution in [3.63, 3.8) is 0 Å². The minimum atomic E-state index is -0.290. The standard InChI is InChI=1S/C14H22N2OS/c1-9(2)16-12(14(15)17)8-18-13-7-10(3)5-6-11(13)4/h5-7,9,12,16H,8H2,1-4H3,(H2,15,17). The van der Waals surface area contributed by atoms with Gasteiger partial charge in [-0.1, -0.05) is 31.5 Å². The zero-order valence-electron chi connectivity index (χ0n) is 11.5. The van der Waals surface area contributed by atoms with Gasteiger partial charge in [-0.15, -0.1) is 11.8 Å². The van der Waals surface area contributed by atoms with E-state index in [0.29, 0.717) is 5.75 Å². The number of primary amides is 1. The summed E-state index contributed by atoms with van der Waals surface area (Å²) in [6.45, 7) is 8.18. The molecule has 100 valence electrons. The third-order valence-corrected chi connectivity index (χ3v) is 3.88. The number of thioether (sulfide) groups is 1. The molecule has 0 spiro atoms. The van der Waals surface area contributed by atoms with Crippen LogP contribution in [0.2, 0.25) is 0 Å². The summed E-state index contributed by atoms with van der Waals surface area (Å²) in [4.78, 5) is 12.6. The number of nitrogens with one attached hydrogen (secondary N) is 1. The molecule has 0 bridgehead atoms. The first kappa shape index (κ1) is 15.1. The summed E-state index contributed by atoms with van der Waals surface area (Å²) >= 11 is 1.68. The summed E-state index contributed by atoms with van der Waals surface area (Å²) in [7, 11) is 0. The second kappa shape index (κ2) is 6.81. The molecule has 1 atom stereocenters. The zero-order valence-corrected chi connectivity index (χ0v) is 12.3. The first-order chi connectivity index (χ1) is 8.40. The number of aryl methyl sites for hydroxylation is 2. The van der Waals surface area contributed by atoms with Gasteiger partial charge in [0.15, 0.2) is 0 Å². The maximum atomic E-state index is 11.4. The molecule has 0 saturated heterocycles. The summed E-state index contributed by atoms with van der Waals surface area (Å²) in [5.41, 5.74) is 7.87. The Morgan fingerprint density at radius 2 is 2.06 bits per heavy atom.